The van der Waals surface area contributed by atoms with Gasteiger partial charge >= 0.3 is 0 Å². The summed E-state index contributed by atoms with van der Waals surface area (Å²) in [5.74, 6) is -0.0887. The number of pyridine rings is 1. The molecule has 4 rings (SSSR count). The molecule has 0 fully saturated rings. The number of hydrogen-bond acceptors (Lipinski definition) is 2. The first-order valence-corrected chi connectivity index (χ1v) is 10.1. The van der Waals surface area contributed by atoms with E-state index < -0.39 is 5.91 Å². The van der Waals surface area contributed by atoms with Crippen LogP contribution in [0, 0.1) is 0 Å². The Kier molecular flexibility index (Phi) is 5.56. The fourth-order valence-corrected chi connectivity index (χ4v) is 3.89. The van der Waals surface area contributed by atoms with Crippen molar-refractivity contribution in [1.29, 1.82) is 0 Å². The van der Waals surface area contributed by atoms with Gasteiger partial charge in [-0.15, -0.1) is 0 Å². The number of nitrogens with one attached hydrogen (secondary N) is 1. The molecule has 0 atom stereocenters. The zero-order valence-corrected chi connectivity index (χ0v) is 18.0. The van der Waals surface area contributed by atoms with E-state index in [4.69, 9.17) is 34.8 Å². The van der Waals surface area contributed by atoms with E-state index in [9.17, 15) is 9.59 Å². The molecule has 3 aromatic carbocycles. The van der Waals surface area contributed by atoms with Crippen molar-refractivity contribution >= 4 is 57.4 Å². The predicted molar refractivity (Wildman–Crippen MR) is 124 cm³/mol. The minimum atomic E-state index is -0.424. The molecule has 0 aliphatic carbocycles. The smallest absolute Gasteiger partial charge is 0.258 e. The van der Waals surface area contributed by atoms with Crippen LogP contribution in [0.1, 0.15) is 10.4 Å². The second-order valence-electron chi connectivity index (χ2n) is 6.69. The summed E-state index contributed by atoms with van der Waals surface area (Å²) >= 11 is 18.4. The molecule has 0 unspecified atom stereocenters. The van der Waals surface area contributed by atoms with Crippen molar-refractivity contribution in [2.45, 2.75) is 0 Å². The minimum absolute atomic E-state index is 0.225. The number of rotatable bonds is 3. The Balaban J connectivity index is 1.98. The van der Waals surface area contributed by atoms with Crippen molar-refractivity contribution in [1.82, 2.24) is 4.57 Å². The molecule has 7 heteroatoms. The number of amides is 1. The van der Waals surface area contributed by atoms with E-state index in [0.717, 1.165) is 0 Å². The summed E-state index contributed by atoms with van der Waals surface area (Å²) in [6.07, 6.45) is 0. The van der Waals surface area contributed by atoms with Crippen molar-refractivity contribution in [3.05, 3.63) is 97.6 Å². The minimum Gasteiger partial charge on any atom is -0.330 e. The highest BCUT2D eigenvalue weighted by atomic mass is 35.5. The average molecular weight is 458 g/mol. The molecular formula is C23H15Cl3N2O2. The highest BCUT2D eigenvalue weighted by molar-refractivity contribution is 6.42. The van der Waals surface area contributed by atoms with Gasteiger partial charge in [-0.05, 0) is 42.0 Å². The molecule has 1 amide bonds. The van der Waals surface area contributed by atoms with Crippen LogP contribution in [0.4, 0.5) is 5.82 Å². The lowest BCUT2D eigenvalue weighted by molar-refractivity contribution is 0.102. The van der Waals surface area contributed by atoms with Gasteiger partial charge in [-0.25, -0.2) is 0 Å². The number of halogens is 3. The molecule has 0 aliphatic heterocycles. The van der Waals surface area contributed by atoms with Gasteiger partial charge in [0.2, 0.25) is 0 Å². The monoisotopic (exact) mass is 456 g/mol. The van der Waals surface area contributed by atoms with Crippen LogP contribution in [-0.4, -0.2) is 10.5 Å². The van der Waals surface area contributed by atoms with E-state index >= 15 is 0 Å². The molecule has 0 bridgehead atoms. The quantitative estimate of drug-likeness (QED) is 0.386. The lowest BCUT2D eigenvalue weighted by Crippen LogP contribution is -2.21. The Morgan fingerprint density at radius 1 is 0.867 bits per heavy atom. The molecule has 0 radical (unpaired) electrons. The van der Waals surface area contributed by atoms with E-state index in [-0.39, 0.29) is 5.43 Å². The molecular weight excluding hydrogens is 443 g/mol. The maximum absolute atomic E-state index is 13.4. The Bertz CT molecular complexity index is 1360. The van der Waals surface area contributed by atoms with E-state index in [1.54, 1.807) is 66.2 Å². The number of anilines is 1. The van der Waals surface area contributed by atoms with Crippen molar-refractivity contribution < 1.29 is 4.79 Å². The first-order valence-electron chi connectivity index (χ1n) is 9.01. The third-order valence-corrected chi connectivity index (χ3v) is 5.94. The van der Waals surface area contributed by atoms with Crippen LogP contribution in [0.25, 0.3) is 22.0 Å². The summed E-state index contributed by atoms with van der Waals surface area (Å²) < 4.78 is 1.77. The van der Waals surface area contributed by atoms with Gasteiger partial charge < -0.3 is 9.88 Å². The third-order valence-electron chi connectivity index (χ3n) is 4.87. The number of fused-ring (bicyclic) bond motifs is 1. The molecule has 4 aromatic rings. The number of carbonyl (C=O) groups excluding carboxylic acids is 1. The normalized spacial score (nSPS) is 10.9. The Morgan fingerprint density at radius 2 is 1.57 bits per heavy atom. The van der Waals surface area contributed by atoms with Crippen molar-refractivity contribution in [3.8, 4) is 11.1 Å². The first kappa shape index (κ1) is 20.5. The summed E-state index contributed by atoms with van der Waals surface area (Å²) in [7, 11) is 1.78. The van der Waals surface area contributed by atoms with Gasteiger partial charge in [0.1, 0.15) is 5.82 Å². The van der Waals surface area contributed by atoms with Crippen LogP contribution in [0.3, 0.4) is 0 Å². The second kappa shape index (κ2) is 8.15. The van der Waals surface area contributed by atoms with Crippen LogP contribution in [0.2, 0.25) is 15.1 Å². The standard InChI is InChI=1S/C23H15Cl3N2O2/c1-28-19-9-5-3-7-15(19)21(29)20(13-10-11-17(25)18(26)12-13)22(28)27-23(30)14-6-2-4-8-16(14)24/h2-12H,1H3,(H,27,30). The highest BCUT2D eigenvalue weighted by Gasteiger charge is 2.20. The topological polar surface area (TPSA) is 51.1 Å². The molecule has 4 nitrogen and oxygen atoms in total. The van der Waals surface area contributed by atoms with Gasteiger partial charge in [0.25, 0.3) is 5.91 Å². The predicted octanol–water partition coefficient (Wildman–Crippen LogP) is 6.42. The summed E-state index contributed by atoms with van der Waals surface area (Å²) in [4.78, 5) is 26.4. The lowest BCUT2D eigenvalue weighted by atomic mass is 10.0. The maximum Gasteiger partial charge on any atom is 0.258 e. The number of carbonyl (C=O) groups is 1. The van der Waals surface area contributed by atoms with Crippen molar-refractivity contribution in [2.24, 2.45) is 7.05 Å². The van der Waals surface area contributed by atoms with E-state index in [0.29, 0.717) is 48.5 Å². The summed E-state index contributed by atoms with van der Waals surface area (Å²) in [6.45, 7) is 0. The lowest BCUT2D eigenvalue weighted by Gasteiger charge is -2.19. The zero-order valence-electron chi connectivity index (χ0n) is 15.7. The number of aryl methyl sites for hydroxylation is 1. The zero-order chi connectivity index (χ0) is 21.4. The average Bonchev–Trinajstić information content (AvgIpc) is 2.74. The van der Waals surface area contributed by atoms with Gasteiger partial charge in [-0.3, -0.25) is 9.59 Å². The summed E-state index contributed by atoms with van der Waals surface area (Å²) in [5.41, 5.74) is 1.62. The van der Waals surface area contributed by atoms with Crippen LogP contribution in [0.15, 0.2) is 71.5 Å². The molecule has 150 valence electrons. The number of nitrogens with zero attached hydrogens (tertiary/aromatic N) is 1. The van der Waals surface area contributed by atoms with Gasteiger partial charge in [-0.1, -0.05) is 65.1 Å². The summed E-state index contributed by atoms with van der Waals surface area (Å²) in [6, 6.07) is 18.8. The fraction of sp³-hybridized carbons (Fsp3) is 0.0435. The molecule has 1 heterocycles. The van der Waals surface area contributed by atoms with Crippen molar-refractivity contribution in [3.63, 3.8) is 0 Å². The number of hydrogen-bond donors (Lipinski definition) is 1. The molecule has 0 spiro atoms. The fourth-order valence-electron chi connectivity index (χ4n) is 3.37. The van der Waals surface area contributed by atoms with Crippen molar-refractivity contribution in [2.75, 3.05) is 5.32 Å². The van der Waals surface area contributed by atoms with E-state index in [1.807, 2.05) is 12.1 Å². The van der Waals surface area contributed by atoms with Crippen LogP contribution < -0.4 is 10.7 Å². The van der Waals surface area contributed by atoms with Crippen LogP contribution in [0.5, 0.6) is 0 Å². The molecule has 0 saturated carbocycles. The van der Waals surface area contributed by atoms with Gasteiger partial charge in [-0.2, -0.15) is 0 Å². The third kappa shape index (κ3) is 3.58. The second-order valence-corrected chi connectivity index (χ2v) is 7.91. The number of benzene rings is 3. The molecule has 1 aromatic heterocycles. The molecule has 1 N–H and O–H groups in total. The Labute approximate surface area is 187 Å². The van der Waals surface area contributed by atoms with E-state index in [1.165, 1.54) is 0 Å². The van der Waals surface area contributed by atoms with Crippen LogP contribution in [-0.2, 0) is 7.05 Å². The molecule has 0 aliphatic rings. The van der Waals surface area contributed by atoms with E-state index in [2.05, 4.69) is 5.32 Å². The van der Waals surface area contributed by atoms with Gasteiger partial charge in [0.05, 0.1) is 31.7 Å². The molecule has 30 heavy (non-hydrogen) atoms. The maximum atomic E-state index is 13.4. The number of aromatic nitrogens is 1. The summed E-state index contributed by atoms with van der Waals surface area (Å²) in [5, 5.41) is 4.39. The van der Waals surface area contributed by atoms with Crippen LogP contribution >= 0.6 is 34.8 Å². The Hall–Kier alpha value is -2.79. The Morgan fingerprint density at radius 3 is 2.30 bits per heavy atom. The highest BCUT2D eigenvalue weighted by Crippen LogP contribution is 2.33. The number of para-hydroxylation sites is 1. The van der Waals surface area contributed by atoms with Gasteiger partial charge in [0.15, 0.2) is 5.43 Å². The first-order chi connectivity index (χ1) is 14.4. The SMILES string of the molecule is Cn1c(NC(=O)c2ccccc2Cl)c(-c2ccc(Cl)c(Cl)c2)c(=O)c2ccccc21. The molecule has 0 saturated heterocycles. The van der Waals surface area contributed by atoms with Gasteiger partial charge in [0, 0.05) is 12.4 Å². The largest absolute Gasteiger partial charge is 0.330 e.